The molecule has 0 spiro atoms. The zero-order valence-corrected chi connectivity index (χ0v) is 9.70. The SMILES string of the molecule is CCCC1=CC(O[C@@H](C)CN)=CCC=C1. The Kier molecular flexibility index (Phi) is 5.19. The predicted octanol–water partition coefficient (Wildman–Crippen LogP) is 2.92. The van der Waals surface area contributed by atoms with E-state index in [4.69, 9.17) is 10.5 Å². The third kappa shape index (κ3) is 4.34. The van der Waals surface area contributed by atoms with Crippen LogP contribution in [0.2, 0.25) is 0 Å². The summed E-state index contributed by atoms with van der Waals surface area (Å²) in [5.74, 6) is 0.960. The van der Waals surface area contributed by atoms with Gasteiger partial charge < -0.3 is 10.5 Å². The Morgan fingerprint density at radius 1 is 1.53 bits per heavy atom. The molecule has 0 aromatic carbocycles. The molecule has 0 amide bonds. The lowest BCUT2D eigenvalue weighted by Gasteiger charge is -2.13. The lowest BCUT2D eigenvalue weighted by atomic mass is 10.1. The van der Waals surface area contributed by atoms with Crippen LogP contribution in [-0.2, 0) is 4.74 Å². The van der Waals surface area contributed by atoms with Crippen molar-refractivity contribution in [2.24, 2.45) is 5.73 Å². The number of allylic oxidation sites excluding steroid dienone is 5. The van der Waals surface area contributed by atoms with Gasteiger partial charge in [-0.2, -0.15) is 0 Å². The average Bonchev–Trinajstić information content (AvgIpc) is 2.44. The largest absolute Gasteiger partial charge is 0.490 e. The summed E-state index contributed by atoms with van der Waals surface area (Å²) in [4.78, 5) is 0. The van der Waals surface area contributed by atoms with Gasteiger partial charge in [-0.3, -0.25) is 0 Å². The maximum absolute atomic E-state index is 5.72. The predicted molar refractivity (Wildman–Crippen MR) is 64.4 cm³/mol. The van der Waals surface area contributed by atoms with E-state index in [1.54, 1.807) is 0 Å². The van der Waals surface area contributed by atoms with Gasteiger partial charge in [-0.25, -0.2) is 0 Å². The van der Waals surface area contributed by atoms with Crippen LogP contribution in [0, 0.1) is 0 Å². The Labute approximate surface area is 92.5 Å². The molecule has 2 heteroatoms. The quantitative estimate of drug-likeness (QED) is 0.752. The molecule has 0 aliphatic heterocycles. The van der Waals surface area contributed by atoms with Crippen LogP contribution in [0.25, 0.3) is 0 Å². The summed E-state index contributed by atoms with van der Waals surface area (Å²) >= 11 is 0. The highest BCUT2D eigenvalue weighted by molar-refractivity contribution is 5.30. The highest BCUT2D eigenvalue weighted by atomic mass is 16.5. The van der Waals surface area contributed by atoms with Gasteiger partial charge in [0, 0.05) is 6.54 Å². The van der Waals surface area contributed by atoms with Gasteiger partial charge in [-0.1, -0.05) is 25.5 Å². The summed E-state index contributed by atoms with van der Waals surface area (Å²) in [6.45, 7) is 4.74. The van der Waals surface area contributed by atoms with E-state index in [0.29, 0.717) is 6.54 Å². The monoisotopic (exact) mass is 207 g/mol. The van der Waals surface area contributed by atoms with E-state index in [9.17, 15) is 0 Å². The fourth-order valence-corrected chi connectivity index (χ4v) is 1.50. The normalized spacial score (nSPS) is 17.8. The maximum Gasteiger partial charge on any atom is 0.116 e. The Bertz CT molecular complexity index is 276. The van der Waals surface area contributed by atoms with Crippen molar-refractivity contribution in [3.8, 4) is 0 Å². The third-order valence-corrected chi connectivity index (χ3v) is 2.32. The van der Waals surface area contributed by atoms with Crippen molar-refractivity contribution in [2.75, 3.05) is 6.54 Å². The van der Waals surface area contributed by atoms with Crippen molar-refractivity contribution in [1.82, 2.24) is 0 Å². The van der Waals surface area contributed by atoms with Gasteiger partial charge in [0.1, 0.15) is 11.9 Å². The zero-order valence-electron chi connectivity index (χ0n) is 9.70. The molecule has 2 N–H and O–H groups in total. The van der Waals surface area contributed by atoms with E-state index < -0.39 is 0 Å². The maximum atomic E-state index is 5.72. The standard InChI is InChI=1S/C13H21NO/c1-3-6-12-7-4-5-8-13(9-12)15-11(2)10-14/h4,7-9,11H,3,5-6,10,14H2,1-2H3/t11-/m0/s1. The minimum Gasteiger partial charge on any atom is -0.490 e. The van der Waals surface area contributed by atoms with E-state index in [1.807, 2.05) is 6.92 Å². The van der Waals surface area contributed by atoms with Crippen molar-refractivity contribution in [3.05, 3.63) is 35.6 Å². The second kappa shape index (κ2) is 6.46. The van der Waals surface area contributed by atoms with Crippen LogP contribution in [0.15, 0.2) is 35.6 Å². The summed E-state index contributed by atoms with van der Waals surface area (Å²) in [6.07, 6.45) is 11.9. The molecule has 0 aromatic heterocycles. The molecule has 1 atom stereocenters. The van der Waals surface area contributed by atoms with E-state index in [0.717, 1.165) is 25.0 Å². The first-order chi connectivity index (χ1) is 7.26. The van der Waals surface area contributed by atoms with Crippen LogP contribution in [0.4, 0.5) is 0 Å². The molecule has 0 unspecified atom stereocenters. The van der Waals surface area contributed by atoms with Crippen molar-refractivity contribution < 1.29 is 4.74 Å². The lowest BCUT2D eigenvalue weighted by Crippen LogP contribution is -2.19. The summed E-state index contributed by atoms with van der Waals surface area (Å²) in [7, 11) is 0. The molecule has 1 aliphatic carbocycles. The van der Waals surface area contributed by atoms with Gasteiger partial charge in [0.05, 0.1) is 0 Å². The van der Waals surface area contributed by atoms with Gasteiger partial charge in [0.2, 0.25) is 0 Å². The fourth-order valence-electron chi connectivity index (χ4n) is 1.50. The topological polar surface area (TPSA) is 35.2 Å². The molecule has 0 radical (unpaired) electrons. The van der Waals surface area contributed by atoms with Gasteiger partial charge >= 0.3 is 0 Å². The first-order valence-electron chi connectivity index (χ1n) is 5.70. The van der Waals surface area contributed by atoms with E-state index in [-0.39, 0.29) is 6.10 Å². The molecule has 0 bridgehead atoms. The number of rotatable bonds is 5. The first kappa shape index (κ1) is 12.1. The second-order valence-corrected chi connectivity index (χ2v) is 3.88. The highest BCUT2D eigenvalue weighted by Crippen LogP contribution is 2.17. The van der Waals surface area contributed by atoms with Gasteiger partial charge in [-0.15, -0.1) is 0 Å². The lowest BCUT2D eigenvalue weighted by molar-refractivity contribution is 0.147. The second-order valence-electron chi connectivity index (χ2n) is 3.88. The molecule has 0 aromatic rings. The van der Waals surface area contributed by atoms with Gasteiger partial charge in [0.15, 0.2) is 0 Å². The Balaban J connectivity index is 2.63. The summed E-state index contributed by atoms with van der Waals surface area (Å²) in [6, 6.07) is 0. The number of nitrogens with two attached hydrogens (primary N) is 1. The highest BCUT2D eigenvalue weighted by Gasteiger charge is 2.04. The molecule has 1 rings (SSSR count). The van der Waals surface area contributed by atoms with Crippen LogP contribution in [-0.4, -0.2) is 12.6 Å². The smallest absolute Gasteiger partial charge is 0.116 e. The summed E-state index contributed by atoms with van der Waals surface area (Å²) < 4.78 is 5.72. The third-order valence-electron chi connectivity index (χ3n) is 2.32. The molecule has 15 heavy (non-hydrogen) atoms. The molecular weight excluding hydrogens is 186 g/mol. The molecule has 0 saturated heterocycles. The summed E-state index contributed by atoms with van der Waals surface area (Å²) in [5.41, 5.74) is 6.87. The van der Waals surface area contributed by atoms with Crippen LogP contribution in [0.5, 0.6) is 0 Å². The number of ether oxygens (including phenoxy) is 1. The fraction of sp³-hybridized carbons (Fsp3) is 0.538. The van der Waals surface area contributed by atoms with Crippen molar-refractivity contribution in [3.63, 3.8) is 0 Å². The molecule has 0 heterocycles. The molecular formula is C13H21NO. The van der Waals surface area contributed by atoms with Crippen LogP contribution in [0.3, 0.4) is 0 Å². The zero-order chi connectivity index (χ0) is 11.1. The van der Waals surface area contributed by atoms with Crippen molar-refractivity contribution in [1.29, 1.82) is 0 Å². The molecule has 0 saturated carbocycles. The van der Waals surface area contributed by atoms with E-state index in [2.05, 4.69) is 31.2 Å². The Hall–Kier alpha value is -1.02. The van der Waals surface area contributed by atoms with E-state index >= 15 is 0 Å². The average molecular weight is 207 g/mol. The van der Waals surface area contributed by atoms with Crippen LogP contribution < -0.4 is 5.73 Å². The van der Waals surface area contributed by atoms with Gasteiger partial charge in [-0.05, 0) is 37.5 Å². The Morgan fingerprint density at radius 3 is 3.00 bits per heavy atom. The van der Waals surface area contributed by atoms with E-state index in [1.165, 1.54) is 5.57 Å². The summed E-state index contributed by atoms with van der Waals surface area (Å²) in [5, 5.41) is 0. The number of hydrogen-bond donors (Lipinski definition) is 1. The molecule has 1 aliphatic rings. The number of hydrogen-bond acceptors (Lipinski definition) is 2. The molecule has 0 fully saturated rings. The van der Waals surface area contributed by atoms with Crippen LogP contribution >= 0.6 is 0 Å². The van der Waals surface area contributed by atoms with Crippen LogP contribution in [0.1, 0.15) is 33.1 Å². The Morgan fingerprint density at radius 2 is 2.33 bits per heavy atom. The minimum atomic E-state index is 0.0912. The molecule has 2 nitrogen and oxygen atoms in total. The molecule has 84 valence electrons. The minimum absolute atomic E-state index is 0.0912. The first-order valence-corrected chi connectivity index (χ1v) is 5.70. The van der Waals surface area contributed by atoms with Crippen molar-refractivity contribution >= 4 is 0 Å². The van der Waals surface area contributed by atoms with Crippen molar-refractivity contribution in [2.45, 2.75) is 39.2 Å². The van der Waals surface area contributed by atoms with Gasteiger partial charge in [0.25, 0.3) is 0 Å².